The predicted octanol–water partition coefficient (Wildman–Crippen LogP) is 5.84. The van der Waals surface area contributed by atoms with Crippen molar-refractivity contribution in [1.29, 1.82) is 0 Å². The Morgan fingerprint density at radius 1 is 0.781 bits per heavy atom. The second kappa shape index (κ2) is 15.1. The first-order valence-electron chi connectivity index (χ1n) is 10.4. The summed E-state index contributed by atoms with van der Waals surface area (Å²) in [7, 11) is 0. The van der Waals surface area contributed by atoms with Gasteiger partial charge in [-0.2, -0.15) is 54.3 Å². The second-order valence-corrected chi connectivity index (χ2v) is 7.42. The third kappa shape index (κ3) is 11.1. The Bertz CT molecular complexity index is 948. The van der Waals surface area contributed by atoms with Gasteiger partial charge in [0.05, 0.1) is 18.3 Å². The van der Waals surface area contributed by atoms with Crippen molar-refractivity contribution in [2.24, 2.45) is 0 Å². The van der Waals surface area contributed by atoms with Gasteiger partial charge in [-0.3, -0.25) is 4.68 Å². The molecule has 0 saturated heterocycles. The number of benzene rings is 3. The molecule has 0 bridgehead atoms. The van der Waals surface area contributed by atoms with Crippen LogP contribution in [0.15, 0.2) is 97.1 Å². The number of nitrogens with zero attached hydrogens (tertiary/aromatic N) is 2. The maximum Gasteiger partial charge on any atom is 2.00 e. The summed E-state index contributed by atoms with van der Waals surface area (Å²) in [5, 5.41) is 14.4. The molecule has 4 heteroatoms. The molecule has 1 N–H and O–H groups in total. The Morgan fingerprint density at radius 2 is 1.22 bits per heavy atom. The minimum Gasteiger partial charge on any atom is -0.391 e. The topological polar surface area (TPSA) is 38.0 Å². The zero-order valence-corrected chi connectivity index (χ0v) is 20.5. The first-order valence-corrected chi connectivity index (χ1v) is 10.4. The molecule has 0 aliphatic heterocycles. The fourth-order valence-electron chi connectivity index (χ4n) is 2.97. The Kier molecular flexibility index (Phi) is 12.9. The molecule has 164 valence electrons. The number of aromatic nitrogens is 2. The molecule has 32 heavy (non-hydrogen) atoms. The van der Waals surface area contributed by atoms with E-state index in [1.807, 2.05) is 116 Å². The maximum absolute atomic E-state index is 10.0. The van der Waals surface area contributed by atoms with Crippen LogP contribution in [-0.4, -0.2) is 21.0 Å². The number of aliphatic hydroxyl groups is 1. The summed E-state index contributed by atoms with van der Waals surface area (Å²) in [5.41, 5.74) is 5.38. The van der Waals surface area contributed by atoms with Gasteiger partial charge in [0.15, 0.2) is 0 Å². The molecular formula is C28H32N2OTi. The van der Waals surface area contributed by atoms with Crippen molar-refractivity contribution in [3.63, 3.8) is 0 Å². The van der Waals surface area contributed by atoms with Crippen molar-refractivity contribution in [3.8, 4) is 0 Å². The van der Waals surface area contributed by atoms with Crippen LogP contribution >= 0.6 is 0 Å². The van der Waals surface area contributed by atoms with Gasteiger partial charge < -0.3 is 5.11 Å². The van der Waals surface area contributed by atoms with E-state index in [-0.39, 0.29) is 21.7 Å². The molecule has 1 aromatic heterocycles. The molecule has 0 aliphatic rings. The van der Waals surface area contributed by atoms with Gasteiger partial charge >= 0.3 is 21.7 Å². The molecule has 0 aliphatic carbocycles. The third-order valence-electron chi connectivity index (χ3n) is 4.49. The molecule has 0 saturated carbocycles. The molecule has 4 rings (SSSR count). The molecule has 0 fully saturated rings. The van der Waals surface area contributed by atoms with E-state index < -0.39 is 6.10 Å². The van der Waals surface area contributed by atoms with Crippen LogP contribution in [0.1, 0.15) is 28.1 Å². The Morgan fingerprint density at radius 3 is 1.56 bits per heavy atom. The molecule has 0 radical (unpaired) electrons. The van der Waals surface area contributed by atoms with Crippen molar-refractivity contribution in [2.75, 3.05) is 0 Å². The zero-order chi connectivity index (χ0) is 22.5. The average molecular weight is 460 g/mol. The van der Waals surface area contributed by atoms with Gasteiger partial charge in [0.1, 0.15) is 0 Å². The van der Waals surface area contributed by atoms with Gasteiger partial charge in [-0.25, -0.2) is 0 Å². The number of hydrogen-bond acceptors (Lipinski definition) is 2. The summed E-state index contributed by atoms with van der Waals surface area (Å²) in [6.07, 6.45) is 0.273. The van der Waals surface area contributed by atoms with Gasteiger partial charge in [-0.1, -0.05) is 42.5 Å². The molecule has 0 amide bonds. The minimum atomic E-state index is -0.393. The van der Waals surface area contributed by atoms with Crippen LogP contribution in [0.25, 0.3) is 0 Å². The van der Waals surface area contributed by atoms with E-state index in [0.717, 1.165) is 28.1 Å². The van der Waals surface area contributed by atoms with E-state index in [2.05, 4.69) is 18.9 Å². The molecular weight excluding hydrogens is 428 g/mol. The first-order chi connectivity index (χ1) is 14.9. The van der Waals surface area contributed by atoms with Crippen molar-refractivity contribution < 1.29 is 26.8 Å². The molecule has 3 nitrogen and oxygen atoms in total. The van der Waals surface area contributed by atoms with Gasteiger partial charge in [0.2, 0.25) is 0 Å². The zero-order valence-electron chi connectivity index (χ0n) is 19.0. The molecule has 1 atom stereocenters. The predicted molar refractivity (Wildman–Crippen MR) is 130 cm³/mol. The fraction of sp³-hybridized carbons (Fsp3) is 0.179. The normalized spacial score (nSPS) is 10.5. The monoisotopic (exact) mass is 460 g/mol. The molecule has 4 aromatic rings. The first kappa shape index (κ1) is 27.3. The Balaban J connectivity index is 0.000000282. The van der Waals surface area contributed by atoms with Crippen LogP contribution in [0.3, 0.4) is 0 Å². The maximum atomic E-state index is 10.0. The summed E-state index contributed by atoms with van der Waals surface area (Å²) >= 11 is 0. The number of hydrogen-bond donors (Lipinski definition) is 1. The fourth-order valence-corrected chi connectivity index (χ4v) is 2.97. The van der Waals surface area contributed by atoms with E-state index in [4.69, 9.17) is 0 Å². The SMILES string of the molecule is Cc1cc(C)n(CC(O)Cc2ccccc2)n1.[CH2-]c1ccccc1.[CH2-]c1ccccc1.[Ti+2]. The van der Waals surface area contributed by atoms with Gasteiger partial charge in [0.25, 0.3) is 0 Å². The van der Waals surface area contributed by atoms with E-state index in [1.165, 1.54) is 0 Å². The largest absolute Gasteiger partial charge is 2.00 e. The summed E-state index contributed by atoms with van der Waals surface area (Å²) in [6, 6.07) is 31.8. The van der Waals surface area contributed by atoms with Gasteiger partial charge in [0, 0.05) is 12.1 Å². The van der Waals surface area contributed by atoms with Gasteiger partial charge in [-0.15, -0.1) is 24.3 Å². The smallest absolute Gasteiger partial charge is 0.391 e. The van der Waals surface area contributed by atoms with Gasteiger partial charge in [-0.05, 0) is 25.5 Å². The van der Waals surface area contributed by atoms with Crippen LogP contribution in [0.2, 0.25) is 0 Å². The van der Waals surface area contributed by atoms with E-state index >= 15 is 0 Å². The number of rotatable bonds is 4. The van der Waals surface area contributed by atoms with Crippen LogP contribution in [0, 0.1) is 27.7 Å². The van der Waals surface area contributed by atoms with Crippen LogP contribution in [0.4, 0.5) is 0 Å². The van der Waals surface area contributed by atoms with Crippen LogP contribution in [-0.2, 0) is 34.7 Å². The van der Waals surface area contributed by atoms with Crippen molar-refractivity contribution in [2.45, 2.75) is 32.9 Å². The van der Waals surface area contributed by atoms with Crippen molar-refractivity contribution in [3.05, 3.63) is 139 Å². The number of aliphatic hydroxyl groups excluding tert-OH is 1. The van der Waals surface area contributed by atoms with Crippen LogP contribution in [0.5, 0.6) is 0 Å². The summed E-state index contributed by atoms with van der Waals surface area (Å²) < 4.78 is 1.86. The van der Waals surface area contributed by atoms with E-state index in [1.54, 1.807) is 0 Å². The summed E-state index contributed by atoms with van der Waals surface area (Å²) in [6.45, 7) is 12.0. The molecule has 3 aromatic carbocycles. The quantitative estimate of drug-likeness (QED) is 0.307. The molecule has 1 heterocycles. The van der Waals surface area contributed by atoms with Crippen molar-refractivity contribution >= 4 is 0 Å². The second-order valence-electron chi connectivity index (χ2n) is 7.42. The Hall–Kier alpha value is -2.72. The third-order valence-corrected chi connectivity index (χ3v) is 4.49. The standard InChI is InChI=1S/C14H18N2O.2C7H7.Ti/c1-11-8-12(2)16(15-11)10-14(17)9-13-6-4-3-5-7-13;2*1-7-5-3-2-4-6-7;/h3-8,14,17H,9-10H2,1-2H3;2*2-6H,1H2;/q;2*-1;+2. The summed E-state index contributed by atoms with van der Waals surface area (Å²) in [4.78, 5) is 0. The van der Waals surface area contributed by atoms with E-state index in [0.29, 0.717) is 13.0 Å². The van der Waals surface area contributed by atoms with Crippen LogP contribution < -0.4 is 0 Å². The van der Waals surface area contributed by atoms with Crippen molar-refractivity contribution in [1.82, 2.24) is 9.78 Å². The number of aryl methyl sites for hydroxylation is 2. The molecule has 1 unspecified atom stereocenters. The molecule has 0 spiro atoms. The van der Waals surface area contributed by atoms with E-state index in [9.17, 15) is 5.11 Å². The summed E-state index contributed by atoms with van der Waals surface area (Å²) in [5.74, 6) is 0. The average Bonchev–Trinajstić information content (AvgIpc) is 3.07. The minimum absolute atomic E-state index is 0. The Labute approximate surface area is 208 Å².